The third kappa shape index (κ3) is 2.78. The van der Waals surface area contributed by atoms with E-state index in [-0.39, 0.29) is 0 Å². The zero-order valence-electron chi connectivity index (χ0n) is 15.3. The SMILES string of the molecule is B1C2CCC1(CCC(CC13BC(CC1)CC3)c1ccccc1)CC2. The van der Waals surface area contributed by atoms with E-state index < -0.39 is 0 Å². The van der Waals surface area contributed by atoms with Crippen molar-refractivity contribution < 1.29 is 0 Å². The molecule has 24 heavy (non-hydrogen) atoms. The van der Waals surface area contributed by atoms with Crippen LogP contribution in [0, 0.1) is 0 Å². The van der Waals surface area contributed by atoms with Crippen LogP contribution in [0.3, 0.4) is 0 Å². The van der Waals surface area contributed by atoms with Gasteiger partial charge in [0.1, 0.15) is 14.6 Å². The van der Waals surface area contributed by atoms with Crippen molar-refractivity contribution in [1.29, 1.82) is 0 Å². The molecule has 4 aliphatic rings. The Morgan fingerprint density at radius 3 is 1.96 bits per heavy atom. The summed E-state index contributed by atoms with van der Waals surface area (Å²) in [5, 5.41) is 1.50. The van der Waals surface area contributed by atoms with Crippen LogP contribution in [0.2, 0.25) is 22.3 Å². The van der Waals surface area contributed by atoms with E-state index in [0.29, 0.717) is 0 Å². The fourth-order valence-electron chi connectivity index (χ4n) is 7.38. The molecule has 0 amide bonds. The summed E-state index contributed by atoms with van der Waals surface area (Å²) < 4.78 is 0. The number of benzene rings is 1. The van der Waals surface area contributed by atoms with E-state index in [9.17, 15) is 0 Å². The smallest absolute Gasteiger partial charge is 0.0651 e. The molecule has 4 bridgehead atoms. The summed E-state index contributed by atoms with van der Waals surface area (Å²) in [6.07, 6.45) is 16.8. The first-order valence-electron chi connectivity index (χ1n) is 10.8. The highest BCUT2D eigenvalue weighted by molar-refractivity contribution is 6.45. The molecular formula is C22H32B2. The van der Waals surface area contributed by atoms with Crippen molar-refractivity contribution in [3.8, 4) is 0 Å². The molecular weight excluding hydrogens is 286 g/mol. The first-order valence-corrected chi connectivity index (χ1v) is 10.8. The van der Waals surface area contributed by atoms with Crippen molar-refractivity contribution in [2.75, 3.05) is 0 Å². The Morgan fingerprint density at radius 1 is 0.833 bits per heavy atom. The van der Waals surface area contributed by atoms with Crippen molar-refractivity contribution in [3.05, 3.63) is 35.9 Å². The molecule has 0 N–H and O–H groups in total. The standard InChI is InChI=1S/C22H32B2/c1-2-4-17(5-3-1)18(16-22-14-9-20(24-22)10-15-22)6-11-21-12-7-19(23-21)8-13-21/h1-5,18-20,23-24H,6-16H2. The quantitative estimate of drug-likeness (QED) is 0.574. The number of hydrogen-bond acceptors (Lipinski definition) is 0. The molecule has 0 nitrogen and oxygen atoms in total. The monoisotopic (exact) mass is 318 g/mol. The van der Waals surface area contributed by atoms with E-state index in [1.807, 2.05) is 0 Å². The van der Waals surface area contributed by atoms with Gasteiger partial charge in [0.2, 0.25) is 0 Å². The minimum atomic E-state index is 0.733. The second-order valence-electron chi connectivity index (χ2n) is 10.1. The largest absolute Gasteiger partial charge is 0.131 e. The number of fused-ring (bicyclic) bond motifs is 4. The molecule has 0 radical (unpaired) electrons. The summed E-state index contributed by atoms with van der Waals surface area (Å²) in [5.41, 5.74) is 1.64. The van der Waals surface area contributed by atoms with E-state index >= 15 is 0 Å². The summed E-state index contributed by atoms with van der Waals surface area (Å²) in [6.45, 7) is 0. The first-order chi connectivity index (χ1) is 11.7. The summed E-state index contributed by atoms with van der Waals surface area (Å²) in [6, 6.07) is 11.6. The lowest BCUT2D eigenvalue weighted by Gasteiger charge is -2.34. The summed E-state index contributed by atoms with van der Waals surface area (Å²) in [5.74, 6) is 3.02. The Balaban J connectivity index is 1.32. The minimum Gasteiger partial charge on any atom is -0.0651 e. The van der Waals surface area contributed by atoms with E-state index in [0.717, 1.165) is 28.2 Å². The van der Waals surface area contributed by atoms with Crippen molar-refractivity contribution in [3.63, 3.8) is 0 Å². The molecule has 126 valence electrons. The van der Waals surface area contributed by atoms with Crippen molar-refractivity contribution in [1.82, 2.24) is 0 Å². The van der Waals surface area contributed by atoms with Crippen LogP contribution in [0.15, 0.2) is 30.3 Å². The van der Waals surface area contributed by atoms with Crippen LogP contribution < -0.4 is 0 Å². The Morgan fingerprint density at radius 2 is 1.42 bits per heavy atom. The second kappa shape index (κ2) is 5.96. The van der Waals surface area contributed by atoms with Crippen LogP contribution in [0.5, 0.6) is 0 Å². The van der Waals surface area contributed by atoms with Crippen LogP contribution in [0.25, 0.3) is 0 Å². The first kappa shape index (κ1) is 15.6. The molecule has 0 aromatic heterocycles. The van der Waals surface area contributed by atoms with Gasteiger partial charge in [-0.05, 0) is 24.3 Å². The highest BCUT2D eigenvalue weighted by atomic mass is 14.4. The molecule has 4 saturated heterocycles. The number of rotatable bonds is 6. The fourth-order valence-corrected chi connectivity index (χ4v) is 7.38. The molecule has 2 heteroatoms. The van der Waals surface area contributed by atoms with Crippen molar-refractivity contribution in [2.45, 2.75) is 98.8 Å². The Labute approximate surface area is 149 Å². The van der Waals surface area contributed by atoms with E-state index in [1.165, 1.54) is 44.9 Å². The van der Waals surface area contributed by atoms with Gasteiger partial charge in [-0.25, -0.2) is 0 Å². The van der Waals surface area contributed by atoms with Gasteiger partial charge >= 0.3 is 0 Å². The number of hydrogen-bond donors (Lipinski definition) is 0. The maximum Gasteiger partial charge on any atom is 0.131 e. The fraction of sp³-hybridized carbons (Fsp3) is 0.727. The maximum atomic E-state index is 2.42. The van der Waals surface area contributed by atoms with Gasteiger partial charge in [-0.15, -0.1) is 0 Å². The van der Waals surface area contributed by atoms with Crippen LogP contribution in [-0.4, -0.2) is 14.6 Å². The van der Waals surface area contributed by atoms with Gasteiger partial charge in [0, 0.05) is 0 Å². The molecule has 4 heterocycles. The summed E-state index contributed by atoms with van der Waals surface area (Å²) in [4.78, 5) is 0. The Bertz CT molecular complexity index is 565. The van der Waals surface area contributed by atoms with Gasteiger partial charge in [0.25, 0.3) is 0 Å². The molecule has 0 saturated carbocycles. The van der Waals surface area contributed by atoms with Gasteiger partial charge < -0.3 is 0 Å². The normalized spacial score (nSPS) is 40.5. The van der Waals surface area contributed by atoms with Gasteiger partial charge in [0.15, 0.2) is 0 Å². The van der Waals surface area contributed by atoms with Crippen LogP contribution in [0.1, 0.15) is 82.1 Å². The second-order valence-corrected chi connectivity index (χ2v) is 10.1. The molecule has 1 aromatic rings. The molecule has 5 rings (SSSR count). The molecule has 1 unspecified atom stereocenters. The average Bonchev–Trinajstić information content (AvgIpc) is 3.40. The topological polar surface area (TPSA) is 0 Å². The molecule has 1 aromatic carbocycles. The van der Waals surface area contributed by atoms with Crippen LogP contribution in [0.4, 0.5) is 0 Å². The molecule has 0 spiro atoms. The Kier molecular flexibility index (Phi) is 3.87. The predicted molar refractivity (Wildman–Crippen MR) is 107 cm³/mol. The van der Waals surface area contributed by atoms with Gasteiger partial charge in [-0.1, -0.05) is 110 Å². The molecule has 4 aliphatic heterocycles. The van der Waals surface area contributed by atoms with Crippen LogP contribution in [-0.2, 0) is 0 Å². The third-order valence-electron chi connectivity index (χ3n) is 8.75. The molecule has 1 atom stereocenters. The lowest BCUT2D eigenvalue weighted by molar-refractivity contribution is 0.343. The zero-order chi connectivity index (χ0) is 16.0. The highest BCUT2D eigenvalue weighted by Gasteiger charge is 2.48. The molecule has 4 fully saturated rings. The average molecular weight is 318 g/mol. The summed E-state index contributed by atoms with van der Waals surface area (Å²) >= 11 is 0. The summed E-state index contributed by atoms with van der Waals surface area (Å²) in [7, 11) is 3.13. The van der Waals surface area contributed by atoms with Gasteiger partial charge in [0.05, 0.1) is 0 Å². The lowest BCUT2D eigenvalue weighted by Crippen LogP contribution is -2.18. The van der Waals surface area contributed by atoms with Crippen molar-refractivity contribution in [2.24, 2.45) is 0 Å². The third-order valence-corrected chi connectivity index (χ3v) is 8.75. The lowest BCUT2D eigenvalue weighted by atomic mass is 9.51. The van der Waals surface area contributed by atoms with E-state index in [1.54, 1.807) is 45.8 Å². The van der Waals surface area contributed by atoms with Gasteiger partial charge in [-0.2, -0.15) is 0 Å². The Hall–Kier alpha value is -0.650. The highest BCUT2D eigenvalue weighted by Crippen LogP contribution is 2.63. The van der Waals surface area contributed by atoms with Crippen molar-refractivity contribution >= 4 is 14.6 Å². The molecule has 0 aliphatic carbocycles. The van der Waals surface area contributed by atoms with Crippen LogP contribution >= 0.6 is 0 Å². The minimum absolute atomic E-state index is 0.733. The van der Waals surface area contributed by atoms with Gasteiger partial charge in [-0.3, -0.25) is 0 Å². The maximum absolute atomic E-state index is 2.42. The predicted octanol–water partition coefficient (Wildman–Crippen LogP) is 5.88. The van der Waals surface area contributed by atoms with E-state index in [4.69, 9.17) is 0 Å². The zero-order valence-corrected chi connectivity index (χ0v) is 15.3. The van der Waals surface area contributed by atoms with E-state index in [2.05, 4.69) is 30.3 Å².